The number of ether oxygens (including phenoxy) is 8. The van der Waals surface area contributed by atoms with Crippen LogP contribution in [-0.4, -0.2) is 149 Å². The quantitative estimate of drug-likeness (QED) is 0.0167. The first-order valence-electron chi connectivity index (χ1n) is 22.3. The van der Waals surface area contributed by atoms with Gasteiger partial charge in [0.2, 0.25) is 17.7 Å². The third-order valence-electron chi connectivity index (χ3n) is 10.3. The molecule has 68 heavy (non-hydrogen) atoms. The van der Waals surface area contributed by atoms with E-state index < -0.39 is 27.8 Å². The van der Waals surface area contributed by atoms with E-state index in [1.165, 1.54) is 32.2 Å². The van der Waals surface area contributed by atoms with Crippen molar-refractivity contribution < 1.29 is 71.7 Å². The Morgan fingerprint density at radius 1 is 0.735 bits per heavy atom. The molecule has 1 unspecified atom stereocenters. The number of amides is 5. The Balaban J connectivity index is 0.923. The van der Waals surface area contributed by atoms with Crippen LogP contribution in [-0.2, 0) is 38.1 Å². The minimum atomic E-state index is -1.20. The molecule has 2 aromatic rings. The molecule has 0 bridgehead atoms. The van der Waals surface area contributed by atoms with Crippen LogP contribution < -0.4 is 40.8 Å². The van der Waals surface area contributed by atoms with Gasteiger partial charge in [-0.25, -0.2) is 9.59 Å². The Labute approximate surface area is 397 Å². The van der Waals surface area contributed by atoms with E-state index in [0.29, 0.717) is 64.5 Å². The molecule has 0 spiro atoms. The number of hydrogen-bond acceptors (Lipinski definition) is 18. The number of unbranched alkanes of at least 4 members (excludes halogenated alkanes) is 1. The molecule has 5 N–H and O–H groups in total. The summed E-state index contributed by atoms with van der Waals surface area (Å²) in [5, 5.41) is 37.3. The second-order valence-electron chi connectivity index (χ2n) is 15.3. The van der Waals surface area contributed by atoms with Gasteiger partial charge in [-0.05, 0) is 44.4 Å². The van der Waals surface area contributed by atoms with Crippen LogP contribution >= 0.6 is 11.8 Å². The van der Waals surface area contributed by atoms with E-state index >= 15 is 0 Å². The summed E-state index contributed by atoms with van der Waals surface area (Å²) in [4.78, 5) is 81.8. The smallest absolute Gasteiger partial charge is 0.493 e. The molecular weight excluding hydrogens is 919 g/mol. The molecule has 0 radical (unpaired) electrons. The monoisotopic (exact) mass is 979 g/mol. The summed E-state index contributed by atoms with van der Waals surface area (Å²) < 4.78 is 43.1. The average molecular weight is 980 g/mol. The SMILES string of the molecule is COc1cc(C(C)OC(=O)Oc2ccc([N+](=O)[O-])cc2)c([N+](=O)[O-])cc1OCCCC(=O)NCCNC(=O)CCOCCOCCOCCOCCNC(=O)CCCC[C@@H]1SC[C@@H]2NC(=O)N[C@@H]21. The summed E-state index contributed by atoms with van der Waals surface area (Å²) in [6.45, 7) is 4.98. The normalized spacial score (nSPS) is 16.4. The zero-order chi connectivity index (χ0) is 49.1. The van der Waals surface area contributed by atoms with E-state index in [2.05, 4.69) is 26.6 Å². The molecule has 0 aromatic heterocycles. The predicted molar refractivity (Wildman–Crippen MR) is 244 cm³/mol. The number of thioether (sulfide) groups is 1. The van der Waals surface area contributed by atoms with Crippen LogP contribution in [0.2, 0.25) is 0 Å². The van der Waals surface area contributed by atoms with Gasteiger partial charge in [-0.15, -0.1) is 0 Å². The van der Waals surface area contributed by atoms with E-state index in [9.17, 15) is 44.2 Å². The van der Waals surface area contributed by atoms with Crippen molar-refractivity contribution in [1.29, 1.82) is 0 Å². The third kappa shape index (κ3) is 20.1. The van der Waals surface area contributed by atoms with Gasteiger partial charge in [-0.3, -0.25) is 34.6 Å². The highest BCUT2D eigenvalue weighted by Gasteiger charge is 2.42. The predicted octanol–water partition coefficient (Wildman–Crippen LogP) is 3.48. The molecule has 0 aliphatic carbocycles. The number of urea groups is 1. The number of rotatable bonds is 34. The number of benzene rings is 2. The van der Waals surface area contributed by atoms with Crippen molar-refractivity contribution in [1.82, 2.24) is 26.6 Å². The summed E-state index contributed by atoms with van der Waals surface area (Å²) >= 11 is 1.88. The van der Waals surface area contributed by atoms with E-state index in [-0.39, 0.29) is 110 Å². The minimum absolute atomic E-state index is 0.00118. The Hall–Kier alpha value is -6.02. The fourth-order valence-electron chi connectivity index (χ4n) is 6.83. The Bertz CT molecular complexity index is 1960. The number of carbonyl (C=O) groups excluding carboxylic acids is 5. The molecule has 2 aromatic carbocycles. The van der Waals surface area contributed by atoms with Gasteiger partial charge in [-0.2, -0.15) is 11.8 Å². The Morgan fingerprint density at radius 2 is 1.34 bits per heavy atom. The largest absolute Gasteiger partial charge is 0.514 e. The lowest BCUT2D eigenvalue weighted by molar-refractivity contribution is -0.386. The van der Waals surface area contributed by atoms with Gasteiger partial charge in [0.25, 0.3) is 11.4 Å². The molecule has 2 aliphatic heterocycles. The average Bonchev–Trinajstić information content (AvgIpc) is 3.87. The van der Waals surface area contributed by atoms with E-state index in [1.54, 1.807) is 0 Å². The number of fused-ring (bicyclic) bond motifs is 1. The maximum Gasteiger partial charge on any atom is 0.514 e. The third-order valence-corrected chi connectivity index (χ3v) is 11.8. The molecule has 25 heteroatoms. The van der Waals surface area contributed by atoms with Crippen LogP contribution in [0.5, 0.6) is 17.2 Å². The second kappa shape index (κ2) is 30.4. The van der Waals surface area contributed by atoms with Gasteiger partial charge in [0.05, 0.1) is 100 Å². The lowest BCUT2D eigenvalue weighted by Crippen LogP contribution is -2.36. The molecule has 376 valence electrons. The standard InChI is InChI=1S/C43H61N7O17S/c1-29(66-43(55)67-31-11-9-30(10-12-31)49(56)57)32-26-35(60-2)36(27-34(32)50(58)59)65-17-5-8-39(52)44-14-15-45-40(53)13-18-61-20-22-63-24-25-64-23-21-62-19-16-46-38(51)7-4-3-6-37-41-33(28-68-37)47-42(54)48-41/h9-12,26-27,29,33,37,41H,3-8,13-25,28H2,1-2H3,(H,44,52)(H,45,53)(H,46,51)(H2,47,48,54)/t29?,33-,37-,41-/m0/s1. The van der Waals surface area contributed by atoms with Crippen molar-refractivity contribution in [3.63, 3.8) is 0 Å². The van der Waals surface area contributed by atoms with Crippen LogP contribution in [0, 0.1) is 20.2 Å². The van der Waals surface area contributed by atoms with E-state index in [1.807, 2.05) is 11.8 Å². The van der Waals surface area contributed by atoms with Crippen molar-refractivity contribution >= 4 is 53.0 Å². The van der Waals surface area contributed by atoms with Gasteiger partial charge in [0.15, 0.2) is 11.5 Å². The van der Waals surface area contributed by atoms with Crippen molar-refractivity contribution in [2.24, 2.45) is 0 Å². The van der Waals surface area contributed by atoms with Crippen LogP contribution in [0.15, 0.2) is 36.4 Å². The summed E-state index contributed by atoms with van der Waals surface area (Å²) in [6, 6.07) is 7.40. The fraction of sp³-hybridized carbons (Fsp3) is 0.605. The minimum Gasteiger partial charge on any atom is -0.493 e. The lowest BCUT2D eigenvalue weighted by Gasteiger charge is -2.17. The zero-order valence-corrected chi connectivity index (χ0v) is 39.0. The maximum atomic E-state index is 12.4. The van der Waals surface area contributed by atoms with Crippen LogP contribution in [0.25, 0.3) is 0 Å². The van der Waals surface area contributed by atoms with Gasteiger partial charge < -0.3 is 64.5 Å². The highest BCUT2D eigenvalue weighted by molar-refractivity contribution is 8.00. The summed E-state index contributed by atoms with van der Waals surface area (Å²) in [5.41, 5.74) is -0.657. The maximum absolute atomic E-state index is 12.4. The van der Waals surface area contributed by atoms with Crippen molar-refractivity contribution in [3.05, 3.63) is 62.2 Å². The molecule has 2 aliphatic rings. The molecular formula is C43H61N7O17S. The van der Waals surface area contributed by atoms with Gasteiger partial charge >= 0.3 is 12.2 Å². The number of non-ortho nitro benzene ring substituents is 1. The molecule has 4 atom stereocenters. The van der Waals surface area contributed by atoms with Crippen LogP contribution in [0.3, 0.4) is 0 Å². The second-order valence-corrected chi connectivity index (χ2v) is 16.5. The molecule has 4 rings (SSSR count). The number of nitrogens with one attached hydrogen (secondary N) is 5. The van der Waals surface area contributed by atoms with E-state index in [4.69, 9.17) is 37.9 Å². The number of nitrogens with zero attached hydrogens (tertiary/aromatic N) is 2. The highest BCUT2D eigenvalue weighted by atomic mass is 32.2. The first-order valence-corrected chi connectivity index (χ1v) is 23.3. The zero-order valence-electron chi connectivity index (χ0n) is 38.2. The van der Waals surface area contributed by atoms with Crippen molar-refractivity contribution in [2.45, 2.75) is 75.3 Å². The van der Waals surface area contributed by atoms with Crippen molar-refractivity contribution in [3.8, 4) is 17.2 Å². The molecule has 0 saturated carbocycles. The first kappa shape index (κ1) is 54.6. The van der Waals surface area contributed by atoms with Crippen molar-refractivity contribution in [2.75, 3.05) is 92.0 Å². The van der Waals surface area contributed by atoms with Crippen LogP contribution in [0.4, 0.5) is 21.0 Å². The van der Waals surface area contributed by atoms with Crippen LogP contribution in [0.1, 0.15) is 63.5 Å². The molecule has 2 saturated heterocycles. The fourth-order valence-corrected chi connectivity index (χ4v) is 8.38. The number of hydrogen-bond donors (Lipinski definition) is 5. The molecule has 24 nitrogen and oxygen atoms in total. The highest BCUT2D eigenvalue weighted by Crippen LogP contribution is 2.39. The first-order chi connectivity index (χ1) is 32.8. The Kier molecular flexibility index (Phi) is 24.4. The Morgan fingerprint density at radius 3 is 1.97 bits per heavy atom. The summed E-state index contributed by atoms with van der Waals surface area (Å²) in [7, 11) is 1.32. The van der Waals surface area contributed by atoms with Gasteiger partial charge in [0.1, 0.15) is 11.9 Å². The molecule has 5 amide bonds. The number of nitro benzene ring substituents is 2. The number of nitro groups is 2. The van der Waals surface area contributed by atoms with E-state index in [0.717, 1.165) is 43.2 Å². The number of methoxy groups -OCH3 is 1. The lowest BCUT2D eigenvalue weighted by atomic mass is 10.0. The summed E-state index contributed by atoms with van der Waals surface area (Å²) in [5.74, 6) is 0.499. The number of carbonyl (C=O) groups is 5. The van der Waals surface area contributed by atoms with Gasteiger partial charge in [0, 0.05) is 62.0 Å². The molecule has 2 heterocycles. The van der Waals surface area contributed by atoms with Gasteiger partial charge in [-0.1, -0.05) is 6.42 Å². The topological polar surface area (TPSA) is 306 Å². The summed E-state index contributed by atoms with van der Waals surface area (Å²) in [6.07, 6.45) is 1.27. The molecule has 2 fully saturated rings.